The average molecular weight is 357 g/mol. The number of ether oxygens (including phenoxy) is 1. The molecule has 2 fully saturated rings. The van der Waals surface area contributed by atoms with E-state index in [4.69, 9.17) is 9.57 Å². The monoisotopic (exact) mass is 357 g/mol. The molecular formula is C19H19NO6. The third kappa shape index (κ3) is 2.19. The van der Waals surface area contributed by atoms with Crippen molar-refractivity contribution in [2.75, 3.05) is 6.61 Å². The van der Waals surface area contributed by atoms with Gasteiger partial charge in [-0.05, 0) is 50.2 Å². The van der Waals surface area contributed by atoms with E-state index in [1.807, 2.05) is 0 Å². The van der Waals surface area contributed by atoms with Crippen LogP contribution in [0.15, 0.2) is 24.3 Å². The molecule has 1 spiro atoms. The zero-order valence-electron chi connectivity index (χ0n) is 14.4. The Morgan fingerprint density at radius 2 is 1.62 bits per heavy atom. The highest BCUT2D eigenvalue weighted by Gasteiger charge is 2.67. The van der Waals surface area contributed by atoms with Crippen LogP contribution in [0.5, 0.6) is 0 Å². The molecule has 0 unspecified atom stereocenters. The highest BCUT2D eigenvalue weighted by molar-refractivity contribution is 6.21. The van der Waals surface area contributed by atoms with Crippen LogP contribution >= 0.6 is 0 Å². The van der Waals surface area contributed by atoms with Crippen molar-refractivity contribution in [1.29, 1.82) is 0 Å². The summed E-state index contributed by atoms with van der Waals surface area (Å²) in [5.41, 5.74) is -1.07. The lowest BCUT2D eigenvalue weighted by molar-refractivity contribution is -0.213. The van der Waals surface area contributed by atoms with Crippen LogP contribution in [0, 0.1) is 10.8 Å². The summed E-state index contributed by atoms with van der Waals surface area (Å²) in [5.74, 6) is -2.92. The maximum atomic E-state index is 12.8. The molecule has 4 rings (SSSR count). The summed E-state index contributed by atoms with van der Waals surface area (Å²) in [5, 5.41) is 0.458. The van der Waals surface area contributed by atoms with E-state index < -0.39 is 29.2 Å². The van der Waals surface area contributed by atoms with Crippen LogP contribution in [-0.4, -0.2) is 35.4 Å². The number of imide groups is 1. The first-order valence-electron chi connectivity index (χ1n) is 8.80. The van der Waals surface area contributed by atoms with E-state index in [-0.39, 0.29) is 23.1 Å². The Bertz CT molecular complexity index is 782. The fourth-order valence-corrected chi connectivity index (χ4v) is 4.32. The number of rotatable bonds is 4. The summed E-state index contributed by atoms with van der Waals surface area (Å²) in [4.78, 5) is 55.2. The van der Waals surface area contributed by atoms with E-state index >= 15 is 0 Å². The van der Waals surface area contributed by atoms with Crippen LogP contribution in [0.4, 0.5) is 0 Å². The quantitative estimate of drug-likeness (QED) is 0.466. The standard InChI is InChI=1S/C19H19NO6/c1-2-25-16(23)19(10-18(11-19)8-5-9-18)17(24)26-20-14(21)12-6-3-4-7-13(12)15(20)22/h3-4,6-7H,2,5,8-11H2,1H3. The van der Waals surface area contributed by atoms with E-state index in [1.54, 1.807) is 19.1 Å². The third-order valence-electron chi connectivity index (χ3n) is 5.76. The molecule has 0 bridgehead atoms. The van der Waals surface area contributed by atoms with Crippen molar-refractivity contribution in [3.05, 3.63) is 35.4 Å². The Morgan fingerprint density at radius 1 is 1.04 bits per heavy atom. The molecule has 0 aromatic heterocycles. The molecule has 0 N–H and O–H groups in total. The topological polar surface area (TPSA) is 90.0 Å². The van der Waals surface area contributed by atoms with Gasteiger partial charge in [0, 0.05) is 0 Å². The number of hydrogen-bond acceptors (Lipinski definition) is 6. The van der Waals surface area contributed by atoms with Gasteiger partial charge in [0.2, 0.25) is 0 Å². The SMILES string of the molecule is CCOC(=O)C1(C(=O)ON2C(=O)c3ccccc3C2=O)CC2(CCC2)C1. The minimum Gasteiger partial charge on any atom is -0.465 e. The molecule has 2 aliphatic carbocycles. The Kier molecular flexibility index (Phi) is 3.64. The lowest BCUT2D eigenvalue weighted by atomic mass is 9.45. The first-order chi connectivity index (χ1) is 12.4. The van der Waals surface area contributed by atoms with Crippen LogP contribution in [0.3, 0.4) is 0 Å². The Hall–Kier alpha value is -2.70. The molecule has 0 atom stereocenters. The summed E-state index contributed by atoms with van der Waals surface area (Å²) >= 11 is 0. The second-order valence-electron chi connectivity index (χ2n) is 7.34. The van der Waals surface area contributed by atoms with Gasteiger partial charge in [0.15, 0.2) is 5.41 Å². The number of benzene rings is 1. The first kappa shape index (κ1) is 16.8. The first-order valence-corrected chi connectivity index (χ1v) is 8.80. The predicted molar refractivity (Wildman–Crippen MR) is 87.6 cm³/mol. The molecule has 1 heterocycles. The molecule has 0 radical (unpaired) electrons. The zero-order chi connectivity index (χ0) is 18.5. The lowest BCUT2D eigenvalue weighted by Crippen LogP contribution is -2.60. The fourth-order valence-electron chi connectivity index (χ4n) is 4.32. The number of amides is 2. The van der Waals surface area contributed by atoms with Gasteiger partial charge >= 0.3 is 11.9 Å². The third-order valence-corrected chi connectivity index (χ3v) is 5.76. The number of nitrogens with zero attached hydrogens (tertiary/aromatic N) is 1. The predicted octanol–water partition coefficient (Wildman–Crippen LogP) is 2.25. The molecule has 26 heavy (non-hydrogen) atoms. The second kappa shape index (κ2) is 5.65. The molecule has 2 amide bonds. The van der Waals surface area contributed by atoms with Crippen molar-refractivity contribution in [3.8, 4) is 0 Å². The summed E-state index contributed by atoms with van der Waals surface area (Å²) in [6, 6.07) is 6.25. The molecule has 7 heteroatoms. The van der Waals surface area contributed by atoms with Crippen LogP contribution in [-0.2, 0) is 19.2 Å². The Balaban J connectivity index is 1.55. The molecule has 3 aliphatic rings. The van der Waals surface area contributed by atoms with Crippen LogP contribution in [0.25, 0.3) is 0 Å². The van der Waals surface area contributed by atoms with E-state index in [2.05, 4.69) is 0 Å². The van der Waals surface area contributed by atoms with Crippen LogP contribution in [0.2, 0.25) is 0 Å². The molecule has 1 aliphatic heterocycles. The fraction of sp³-hybridized carbons (Fsp3) is 0.474. The number of hydroxylamine groups is 2. The van der Waals surface area contributed by atoms with Crippen molar-refractivity contribution in [2.24, 2.45) is 10.8 Å². The molecule has 0 saturated heterocycles. The van der Waals surface area contributed by atoms with Gasteiger partial charge in [-0.3, -0.25) is 14.4 Å². The molecule has 1 aromatic rings. The lowest BCUT2D eigenvalue weighted by Gasteiger charge is -2.57. The summed E-state index contributed by atoms with van der Waals surface area (Å²) in [6.07, 6.45) is 3.71. The molecule has 1 aromatic carbocycles. The molecular weight excluding hydrogens is 338 g/mol. The number of fused-ring (bicyclic) bond motifs is 1. The van der Waals surface area contributed by atoms with E-state index in [9.17, 15) is 19.2 Å². The number of esters is 1. The maximum Gasteiger partial charge on any atom is 0.350 e. The van der Waals surface area contributed by atoms with E-state index in [0.29, 0.717) is 17.9 Å². The van der Waals surface area contributed by atoms with E-state index in [0.717, 1.165) is 19.3 Å². The Labute approximate surface area is 150 Å². The minimum absolute atomic E-state index is 0.00618. The number of carbonyl (C=O) groups excluding carboxylic acids is 4. The van der Waals surface area contributed by atoms with Gasteiger partial charge in [-0.2, -0.15) is 0 Å². The summed E-state index contributed by atoms with van der Waals surface area (Å²) < 4.78 is 5.08. The summed E-state index contributed by atoms with van der Waals surface area (Å²) in [6.45, 7) is 1.81. The summed E-state index contributed by atoms with van der Waals surface area (Å²) in [7, 11) is 0. The van der Waals surface area contributed by atoms with Gasteiger partial charge in [0.05, 0.1) is 17.7 Å². The minimum atomic E-state index is -1.42. The zero-order valence-corrected chi connectivity index (χ0v) is 14.4. The Morgan fingerprint density at radius 3 is 2.08 bits per heavy atom. The smallest absolute Gasteiger partial charge is 0.350 e. The molecule has 2 saturated carbocycles. The highest BCUT2D eigenvalue weighted by atomic mass is 16.7. The van der Waals surface area contributed by atoms with Gasteiger partial charge in [-0.1, -0.05) is 23.6 Å². The molecule has 7 nitrogen and oxygen atoms in total. The van der Waals surface area contributed by atoms with Crippen LogP contribution < -0.4 is 0 Å². The largest absolute Gasteiger partial charge is 0.465 e. The van der Waals surface area contributed by atoms with Crippen LogP contribution in [0.1, 0.15) is 59.7 Å². The van der Waals surface area contributed by atoms with Gasteiger partial charge in [-0.15, -0.1) is 0 Å². The van der Waals surface area contributed by atoms with Crippen molar-refractivity contribution >= 4 is 23.8 Å². The van der Waals surface area contributed by atoms with Crippen molar-refractivity contribution in [2.45, 2.75) is 39.0 Å². The van der Waals surface area contributed by atoms with Gasteiger partial charge in [-0.25, -0.2) is 4.79 Å². The van der Waals surface area contributed by atoms with Crippen molar-refractivity contribution in [3.63, 3.8) is 0 Å². The number of hydrogen-bond donors (Lipinski definition) is 0. The van der Waals surface area contributed by atoms with E-state index in [1.165, 1.54) is 12.1 Å². The van der Waals surface area contributed by atoms with Crippen molar-refractivity contribution in [1.82, 2.24) is 5.06 Å². The number of carbonyl (C=O) groups is 4. The van der Waals surface area contributed by atoms with Crippen molar-refractivity contribution < 1.29 is 28.8 Å². The maximum absolute atomic E-state index is 12.8. The average Bonchev–Trinajstić information content (AvgIpc) is 2.78. The second-order valence-corrected chi connectivity index (χ2v) is 7.34. The van der Waals surface area contributed by atoms with Gasteiger partial charge in [0.1, 0.15) is 0 Å². The van der Waals surface area contributed by atoms with Gasteiger partial charge in [0.25, 0.3) is 11.8 Å². The van der Waals surface area contributed by atoms with Gasteiger partial charge < -0.3 is 9.57 Å². The molecule has 136 valence electrons. The normalized spacial score (nSPS) is 21.7. The highest BCUT2D eigenvalue weighted by Crippen LogP contribution is 2.65.